The van der Waals surface area contributed by atoms with Crippen LogP contribution in [-0.2, 0) is 16.6 Å². The molecule has 6 aromatic carbocycles. The van der Waals surface area contributed by atoms with Crippen LogP contribution in [0.25, 0.3) is 33.2 Å². The summed E-state index contributed by atoms with van der Waals surface area (Å²) >= 11 is 1.66. The van der Waals surface area contributed by atoms with Crippen LogP contribution in [-0.4, -0.2) is 91.7 Å². The minimum atomic E-state index is -4.28. The fraction of sp³-hybridized carbons (Fsp3) is 0.224. The Hall–Kier alpha value is -6.32. The maximum absolute atomic E-state index is 13.8. The zero-order valence-electron chi connectivity index (χ0n) is 35.3. The van der Waals surface area contributed by atoms with Crippen molar-refractivity contribution in [3.05, 3.63) is 168 Å². The summed E-state index contributed by atoms with van der Waals surface area (Å²) in [5.74, 6) is 0.755. The number of nitro groups is 1. The van der Waals surface area contributed by atoms with Crippen molar-refractivity contribution in [2.45, 2.75) is 28.8 Å². The molecule has 0 bridgehead atoms. The first-order valence-electron chi connectivity index (χ1n) is 21.0. The summed E-state index contributed by atoms with van der Waals surface area (Å²) in [6.45, 7) is 4.92. The van der Waals surface area contributed by atoms with Crippen LogP contribution < -0.4 is 14.9 Å². The Morgan fingerprint density at radius 3 is 2.17 bits per heavy atom. The summed E-state index contributed by atoms with van der Waals surface area (Å²) in [6.07, 6.45) is 2.05. The van der Waals surface area contributed by atoms with Gasteiger partial charge in [0.15, 0.2) is 5.82 Å². The molecule has 1 aliphatic heterocycles. The molecule has 0 radical (unpaired) electrons. The smallest absolute Gasteiger partial charge is 0.293 e. The number of thioether (sulfide) groups is 1. The third kappa shape index (κ3) is 10.8. The van der Waals surface area contributed by atoms with E-state index in [9.17, 15) is 18.5 Å². The molecular weight excluding hydrogens is 829 g/mol. The van der Waals surface area contributed by atoms with Crippen molar-refractivity contribution >= 4 is 55.6 Å². The van der Waals surface area contributed by atoms with Crippen LogP contribution in [0.3, 0.4) is 0 Å². The molecule has 0 spiro atoms. The molecule has 7 aromatic rings. The highest BCUT2D eigenvalue weighted by molar-refractivity contribution is 7.99. The normalized spacial score (nSPS) is 13.9. The third-order valence-corrected chi connectivity index (χ3v) is 13.7. The highest BCUT2D eigenvalue weighted by atomic mass is 32.2. The number of fused-ring (bicyclic) bond motifs is 1. The minimum Gasteiger partial charge on any atom is -0.376 e. The van der Waals surface area contributed by atoms with Crippen LogP contribution >= 0.6 is 11.8 Å². The van der Waals surface area contributed by atoms with Crippen molar-refractivity contribution in [1.29, 1.82) is 0 Å². The Labute approximate surface area is 373 Å². The zero-order valence-corrected chi connectivity index (χ0v) is 36.9. The van der Waals surface area contributed by atoms with Gasteiger partial charge < -0.3 is 15.1 Å². The summed E-state index contributed by atoms with van der Waals surface area (Å²) < 4.78 is 30.2. The van der Waals surface area contributed by atoms with Crippen molar-refractivity contribution in [2.75, 3.05) is 67.5 Å². The number of anilines is 3. The number of benzene rings is 6. The van der Waals surface area contributed by atoms with Gasteiger partial charge in [0.25, 0.3) is 15.7 Å². The second kappa shape index (κ2) is 19.8. The summed E-state index contributed by atoms with van der Waals surface area (Å²) in [7, 11) is -0.315. The lowest BCUT2D eigenvalue weighted by Crippen LogP contribution is -2.46. The van der Waals surface area contributed by atoms with Crippen molar-refractivity contribution < 1.29 is 13.3 Å². The van der Waals surface area contributed by atoms with Gasteiger partial charge in [-0.15, -0.1) is 11.8 Å². The second-order valence-electron chi connectivity index (χ2n) is 15.9. The molecule has 0 amide bonds. The van der Waals surface area contributed by atoms with Gasteiger partial charge in [-0.05, 0) is 103 Å². The van der Waals surface area contributed by atoms with E-state index in [0.717, 1.165) is 62.3 Å². The second-order valence-corrected chi connectivity index (χ2v) is 18.7. The number of piperazine rings is 1. The summed E-state index contributed by atoms with van der Waals surface area (Å²) in [6, 6.07) is 47.3. The van der Waals surface area contributed by atoms with E-state index in [1.807, 2.05) is 74.8 Å². The molecule has 1 aliphatic rings. The predicted molar refractivity (Wildman–Crippen MR) is 256 cm³/mol. The lowest BCUT2D eigenvalue weighted by Gasteiger charge is -2.36. The molecule has 0 saturated carbocycles. The molecule has 12 nitrogen and oxygen atoms in total. The van der Waals surface area contributed by atoms with Crippen LogP contribution in [0.1, 0.15) is 12.0 Å². The van der Waals surface area contributed by atoms with Gasteiger partial charge in [0.05, 0.1) is 15.3 Å². The maximum atomic E-state index is 13.8. The van der Waals surface area contributed by atoms with Crippen LogP contribution in [0, 0.1) is 10.1 Å². The van der Waals surface area contributed by atoms with Gasteiger partial charge in [0.2, 0.25) is 0 Å². The first-order chi connectivity index (χ1) is 30.6. The molecule has 1 aromatic heterocycles. The average molecular weight is 879 g/mol. The standard InChI is InChI=1S/C49H50N8O4S2/c1-54(2)25-24-40(34-62-42-16-10-5-11-17-42)52-46-23-20-43(32-48(46)57(58)59)63(60,61)53-49-45-22-19-41(31-47(45)50-35-51-49)56-28-26-55(27-29-56)33-39-30-38(36-12-6-3-7-13-36)18-21-44(39)37-14-8-4-9-15-37/h3-23,30-32,35,40,52H,24-29,33-34H2,1-2H3,(H,50,51,53). The van der Waals surface area contributed by atoms with E-state index in [4.69, 9.17) is 0 Å². The summed E-state index contributed by atoms with van der Waals surface area (Å²) in [5, 5.41) is 16.2. The lowest BCUT2D eigenvalue weighted by molar-refractivity contribution is -0.384. The quantitative estimate of drug-likeness (QED) is 0.0514. The van der Waals surface area contributed by atoms with Crippen molar-refractivity contribution in [3.8, 4) is 22.3 Å². The number of nitrogens with one attached hydrogen (secondary N) is 2. The van der Waals surface area contributed by atoms with E-state index in [1.165, 1.54) is 46.3 Å². The largest absolute Gasteiger partial charge is 0.376 e. The highest BCUT2D eigenvalue weighted by Gasteiger charge is 2.25. The SMILES string of the molecule is CN(C)CCC(CSc1ccccc1)Nc1ccc(S(=O)(=O)Nc2ncnc3cc(N4CCN(Cc5cc(-c6ccccc6)ccc5-c5ccccc5)CC4)ccc23)cc1[N+](=O)[O-]. The Morgan fingerprint density at radius 1 is 0.778 bits per heavy atom. The minimum absolute atomic E-state index is 0.0925. The fourth-order valence-corrected chi connectivity index (χ4v) is 9.89. The molecule has 14 heteroatoms. The van der Waals surface area contributed by atoms with Crippen molar-refractivity contribution in [1.82, 2.24) is 19.8 Å². The molecule has 8 rings (SSSR count). The number of nitrogens with zero attached hydrogens (tertiary/aromatic N) is 6. The first kappa shape index (κ1) is 43.3. The number of rotatable bonds is 17. The predicted octanol–water partition coefficient (Wildman–Crippen LogP) is 9.52. The fourth-order valence-electron chi connectivity index (χ4n) is 7.85. The van der Waals surface area contributed by atoms with Gasteiger partial charge in [0, 0.05) is 66.6 Å². The number of sulfonamides is 1. The molecule has 322 valence electrons. The number of hydrogen-bond acceptors (Lipinski definition) is 11. The summed E-state index contributed by atoms with van der Waals surface area (Å²) in [4.78, 5) is 28.3. The Balaban J connectivity index is 0.948. The highest BCUT2D eigenvalue weighted by Crippen LogP contribution is 2.34. The van der Waals surface area contributed by atoms with Gasteiger partial charge >= 0.3 is 0 Å². The van der Waals surface area contributed by atoms with E-state index >= 15 is 0 Å². The number of nitro benzene ring substituents is 1. The monoisotopic (exact) mass is 878 g/mol. The van der Waals surface area contributed by atoms with Crippen LogP contribution in [0.4, 0.5) is 22.9 Å². The zero-order chi connectivity index (χ0) is 43.8. The van der Waals surface area contributed by atoms with E-state index in [-0.39, 0.29) is 28.1 Å². The van der Waals surface area contributed by atoms with Gasteiger partial charge in [-0.3, -0.25) is 19.7 Å². The molecule has 2 N–H and O–H groups in total. The van der Waals surface area contributed by atoms with Gasteiger partial charge in [-0.1, -0.05) is 91.0 Å². The average Bonchev–Trinajstić information content (AvgIpc) is 3.31. The van der Waals surface area contributed by atoms with E-state index in [0.29, 0.717) is 16.7 Å². The Bertz CT molecular complexity index is 2770. The topological polar surface area (TPSA) is 137 Å². The van der Waals surface area contributed by atoms with Crippen LogP contribution in [0.15, 0.2) is 162 Å². The van der Waals surface area contributed by atoms with Crippen LogP contribution in [0.2, 0.25) is 0 Å². The molecule has 1 fully saturated rings. The molecular formula is C49H50N8O4S2. The molecule has 1 saturated heterocycles. The van der Waals surface area contributed by atoms with E-state index < -0.39 is 14.9 Å². The Morgan fingerprint density at radius 2 is 1.48 bits per heavy atom. The van der Waals surface area contributed by atoms with Gasteiger partial charge in [-0.25, -0.2) is 18.4 Å². The van der Waals surface area contributed by atoms with Crippen molar-refractivity contribution in [3.63, 3.8) is 0 Å². The maximum Gasteiger partial charge on any atom is 0.293 e. The van der Waals surface area contributed by atoms with Gasteiger partial charge in [-0.2, -0.15) is 0 Å². The van der Waals surface area contributed by atoms with Gasteiger partial charge in [0.1, 0.15) is 12.0 Å². The Kier molecular flexibility index (Phi) is 13.6. The molecule has 2 heterocycles. The lowest BCUT2D eigenvalue weighted by atomic mass is 9.94. The first-order valence-corrected chi connectivity index (χ1v) is 23.4. The third-order valence-electron chi connectivity index (χ3n) is 11.2. The molecule has 1 unspecified atom stereocenters. The number of aromatic nitrogens is 2. The van der Waals surface area contributed by atoms with Crippen molar-refractivity contribution in [2.24, 2.45) is 0 Å². The van der Waals surface area contributed by atoms with E-state index in [1.54, 1.807) is 11.8 Å². The molecule has 0 aliphatic carbocycles. The van der Waals surface area contributed by atoms with E-state index in [2.05, 4.69) is 101 Å². The summed E-state index contributed by atoms with van der Waals surface area (Å²) in [5.41, 5.74) is 7.60. The van der Waals surface area contributed by atoms with Crippen LogP contribution in [0.5, 0.6) is 0 Å². The molecule has 63 heavy (non-hydrogen) atoms. The number of hydrogen-bond donors (Lipinski definition) is 2. The molecule has 1 atom stereocenters.